The standard InChI is InChI=1S/C15H8BrF5O2/c16-14(18,19)15(20,21)23-10-7-5-9(6-8-10)13(22)11-3-1-2-4-12(11)17/h1-8H. The molecule has 2 aromatic carbocycles. The van der Waals surface area contributed by atoms with E-state index in [0.717, 1.165) is 30.3 Å². The summed E-state index contributed by atoms with van der Waals surface area (Å²) in [6.07, 6.45) is -4.77. The van der Waals surface area contributed by atoms with E-state index in [-0.39, 0.29) is 11.1 Å². The van der Waals surface area contributed by atoms with Crippen molar-refractivity contribution < 1.29 is 31.5 Å². The molecule has 0 heterocycles. The van der Waals surface area contributed by atoms with Crippen LogP contribution in [0.2, 0.25) is 0 Å². The lowest BCUT2D eigenvalue weighted by Crippen LogP contribution is -2.40. The number of ether oxygens (including phenoxy) is 1. The van der Waals surface area contributed by atoms with Gasteiger partial charge in [0.15, 0.2) is 5.78 Å². The third kappa shape index (κ3) is 3.87. The van der Waals surface area contributed by atoms with Crippen molar-refractivity contribution in [3.05, 3.63) is 65.5 Å². The summed E-state index contributed by atoms with van der Waals surface area (Å²) in [5.41, 5.74) is -0.199. The van der Waals surface area contributed by atoms with Crippen molar-refractivity contribution in [3.63, 3.8) is 0 Å². The van der Waals surface area contributed by atoms with Gasteiger partial charge in [0, 0.05) is 21.5 Å². The summed E-state index contributed by atoms with van der Waals surface area (Å²) in [7, 11) is 0. The monoisotopic (exact) mass is 394 g/mol. The quantitative estimate of drug-likeness (QED) is 0.404. The Kier molecular flexibility index (Phi) is 4.74. The van der Waals surface area contributed by atoms with Crippen molar-refractivity contribution in [2.24, 2.45) is 0 Å². The largest absolute Gasteiger partial charge is 0.475 e. The van der Waals surface area contributed by atoms with Crippen molar-refractivity contribution in [1.29, 1.82) is 0 Å². The Hall–Kier alpha value is -1.96. The maximum atomic E-state index is 13.5. The Morgan fingerprint density at radius 1 is 0.957 bits per heavy atom. The zero-order valence-corrected chi connectivity index (χ0v) is 12.8. The number of alkyl halides is 5. The van der Waals surface area contributed by atoms with Gasteiger partial charge in [-0.1, -0.05) is 12.1 Å². The molecule has 2 aromatic rings. The van der Waals surface area contributed by atoms with Gasteiger partial charge in [0.25, 0.3) is 0 Å². The van der Waals surface area contributed by atoms with Crippen LogP contribution < -0.4 is 4.74 Å². The summed E-state index contributed by atoms with van der Waals surface area (Å²) >= 11 is 1.53. The van der Waals surface area contributed by atoms with Gasteiger partial charge in [-0.05, 0) is 36.4 Å². The normalized spacial score (nSPS) is 12.1. The fourth-order valence-electron chi connectivity index (χ4n) is 1.68. The topological polar surface area (TPSA) is 26.3 Å². The highest BCUT2D eigenvalue weighted by atomic mass is 79.9. The fourth-order valence-corrected chi connectivity index (χ4v) is 1.76. The van der Waals surface area contributed by atoms with Crippen LogP contribution in [-0.4, -0.2) is 16.7 Å². The first-order chi connectivity index (χ1) is 10.6. The summed E-state index contributed by atoms with van der Waals surface area (Å²) in [4.78, 5) is 7.51. The van der Waals surface area contributed by atoms with Crippen molar-refractivity contribution in [2.75, 3.05) is 0 Å². The molecular formula is C15H8BrF5O2. The summed E-state index contributed by atoms with van der Waals surface area (Å²) in [6, 6.07) is 9.23. The lowest BCUT2D eigenvalue weighted by atomic mass is 10.0. The summed E-state index contributed by atoms with van der Waals surface area (Å²) in [5.74, 6) is -1.98. The molecule has 0 radical (unpaired) electrons. The van der Waals surface area contributed by atoms with Gasteiger partial charge in [0.05, 0.1) is 5.56 Å². The van der Waals surface area contributed by atoms with Gasteiger partial charge in [0.2, 0.25) is 0 Å². The van der Waals surface area contributed by atoms with E-state index in [2.05, 4.69) is 4.74 Å². The van der Waals surface area contributed by atoms with Crippen LogP contribution in [0.15, 0.2) is 48.5 Å². The van der Waals surface area contributed by atoms with Crippen LogP contribution >= 0.6 is 15.9 Å². The second kappa shape index (κ2) is 6.27. The minimum Gasteiger partial charge on any atom is -0.427 e. The van der Waals surface area contributed by atoms with Crippen LogP contribution in [0, 0.1) is 5.82 Å². The Morgan fingerprint density at radius 3 is 2.04 bits per heavy atom. The maximum absolute atomic E-state index is 13.5. The average Bonchev–Trinajstić information content (AvgIpc) is 2.46. The predicted molar refractivity (Wildman–Crippen MR) is 75.7 cm³/mol. The summed E-state index contributed by atoms with van der Waals surface area (Å²) < 4.78 is 68.8. The number of carbonyl (C=O) groups is 1. The summed E-state index contributed by atoms with van der Waals surface area (Å²) in [6.45, 7) is 0. The predicted octanol–water partition coefficient (Wildman–Crippen LogP) is 5.02. The second-order valence-corrected chi connectivity index (χ2v) is 5.45. The molecule has 8 heteroatoms. The van der Waals surface area contributed by atoms with E-state index in [0.29, 0.717) is 0 Å². The Balaban J connectivity index is 2.20. The highest BCUT2D eigenvalue weighted by molar-refractivity contribution is 9.10. The van der Waals surface area contributed by atoms with Crippen molar-refractivity contribution >= 4 is 21.7 Å². The minimum atomic E-state index is -4.77. The number of halogens is 6. The van der Waals surface area contributed by atoms with Gasteiger partial charge in [0.1, 0.15) is 11.6 Å². The van der Waals surface area contributed by atoms with Gasteiger partial charge in [-0.2, -0.15) is 17.6 Å². The van der Waals surface area contributed by atoms with Gasteiger partial charge >= 0.3 is 10.9 Å². The van der Waals surface area contributed by atoms with Crippen molar-refractivity contribution in [2.45, 2.75) is 10.9 Å². The lowest BCUT2D eigenvalue weighted by Gasteiger charge is -2.21. The molecular weight excluding hydrogens is 387 g/mol. The Bertz CT molecular complexity index is 711. The molecule has 0 aliphatic heterocycles. The first kappa shape index (κ1) is 17.4. The molecule has 0 aliphatic rings. The third-order valence-electron chi connectivity index (χ3n) is 2.81. The van der Waals surface area contributed by atoms with Crippen LogP contribution in [0.1, 0.15) is 15.9 Å². The minimum absolute atomic E-state index is 0.00336. The molecule has 0 aliphatic carbocycles. The molecule has 0 spiro atoms. The number of hydrogen-bond donors (Lipinski definition) is 0. The molecule has 0 N–H and O–H groups in total. The number of benzene rings is 2. The average molecular weight is 395 g/mol. The molecule has 0 aromatic heterocycles. The number of ketones is 1. The number of carbonyl (C=O) groups excluding carboxylic acids is 1. The third-order valence-corrected chi connectivity index (χ3v) is 3.27. The molecule has 0 saturated carbocycles. The zero-order chi connectivity index (χ0) is 17.3. The Morgan fingerprint density at radius 2 is 1.52 bits per heavy atom. The van der Waals surface area contributed by atoms with E-state index < -0.39 is 28.3 Å². The highest BCUT2D eigenvalue weighted by Gasteiger charge is 2.57. The van der Waals surface area contributed by atoms with E-state index >= 15 is 0 Å². The first-order valence-electron chi connectivity index (χ1n) is 6.14. The van der Waals surface area contributed by atoms with E-state index in [1.807, 2.05) is 0 Å². The van der Waals surface area contributed by atoms with Gasteiger partial charge in [-0.25, -0.2) is 4.39 Å². The molecule has 0 saturated heterocycles. The van der Waals surface area contributed by atoms with E-state index in [9.17, 15) is 26.7 Å². The van der Waals surface area contributed by atoms with Gasteiger partial charge < -0.3 is 4.74 Å². The molecule has 2 nitrogen and oxygen atoms in total. The first-order valence-corrected chi connectivity index (χ1v) is 6.94. The fraction of sp³-hybridized carbons (Fsp3) is 0.133. The smallest absolute Gasteiger partial charge is 0.427 e. The van der Waals surface area contributed by atoms with Crippen molar-refractivity contribution in [1.82, 2.24) is 0 Å². The van der Waals surface area contributed by atoms with Gasteiger partial charge in [-0.3, -0.25) is 4.79 Å². The number of rotatable bonds is 5. The maximum Gasteiger partial charge on any atom is 0.475 e. The second-order valence-electron chi connectivity index (χ2n) is 4.45. The molecule has 0 amide bonds. The van der Waals surface area contributed by atoms with Crippen LogP contribution in [0.4, 0.5) is 22.0 Å². The molecule has 0 bridgehead atoms. The molecule has 0 unspecified atom stereocenters. The van der Waals surface area contributed by atoms with Crippen molar-refractivity contribution in [3.8, 4) is 5.75 Å². The van der Waals surface area contributed by atoms with E-state index in [4.69, 9.17) is 0 Å². The van der Waals surface area contributed by atoms with Crippen LogP contribution in [0.25, 0.3) is 0 Å². The van der Waals surface area contributed by atoms with Crippen LogP contribution in [0.3, 0.4) is 0 Å². The lowest BCUT2D eigenvalue weighted by molar-refractivity contribution is -0.266. The van der Waals surface area contributed by atoms with E-state index in [1.54, 1.807) is 0 Å². The zero-order valence-electron chi connectivity index (χ0n) is 11.2. The number of hydrogen-bond acceptors (Lipinski definition) is 2. The molecule has 2 rings (SSSR count). The Labute approximate surface area is 136 Å². The van der Waals surface area contributed by atoms with Crippen LogP contribution in [-0.2, 0) is 0 Å². The SMILES string of the molecule is O=C(c1ccc(OC(F)(F)C(F)(F)Br)cc1)c1ccccc1F. The molecule has 23 heavy (non-hydrogen) atoms. The van der Waals surface area contributed by atoms with E-state index in [1.165, 1.54) is 34.1 Å². The highest BCUT2D eigenvalue weighted by Crippen LogP contribution is 2.40. The molecule has 0 atom stereocenters. The van der Waals surface area contributed by atoms with Crippen LogP contribution in [0.5, 0.6) is 5.75 Å². The summed E-state index contributed by atoms with van der Waals surface area (Å²) in [5, 5.41) is 0. The molecule has 0 fully saturated rings. The molecule has 122 valence electrons. The van der Waals surface area contributed by atoms with Gasteiger partial charge in [-0.15, -0.1) is 0 Å².